The first-order valence-corrected chi connectivity index (χ1v) is 7.78. The number of benzene rings is 1. The summed E-state index contributed by atoms with van der Waals surface area (Å²) in [5, 5.41) is 3.12. The van der Waals surface area contributed by atoms with E-state index in [9.17, 15) is 4.79 Å². The molecule has 1 saturated carbocycles. The lowest BCUT2D eigenvalue weighted by Crippen LogP contribution is -2.33. The van der Waals surface area contributed by atoms with E-state index in [1.54, 1.807) is 0 Å². The number of fused-ring (bicyclic) bond motifs is 1. The van der Waals surface area contributed by atoms with Crippen LogP contribution in [0.25, 0.3) is 0 Å². The standard InChI is InChI=1S/C18H25NO/c1-11-8-13(10-18(3,4)9-11)15-14-7-5-6-12(2)16(14)19-17(15)20/h5-7,11,13,15H,8-10H2,1-4H3,(H,19,20). The van der Waals surface area contributed by atoms with Crippen LogP contribution in [0.5, 0.6) is 0 Å². The Kier molecular flexibility index (Phi) is 3.15. The maximum Gasteiger partial charge on any atom is 0.232 e. The third kappa shape index (κ3) is 2.25. The fraction of sp³-hybridized carbons (Fsp3) is 0.611. The Morgan fingerprint density at radius 1 is 1.25 bits per heavy atom. The van der Waals surface area contributed by atoms with Crippen LogP contribution in [0.2, 0.25) is 0 Å². The van der Waals surface area contributed by atoms with Gasteiger partial charge in [-0.25, -0.2) is 0 Å². The van der Waals surface area contributed by atoms with Crippen LogP contribution in [0.4, 0.5) is 5.69 Å². The van der Waals surface area contributed by atoms with E-state index in [4.69, 9.17) is 0 Å². The van der Waals surface area contributed by atoms with E-state index < -0.39 is 0 Å². The average molecular weight is 271 g/mol. The summed E-state index contributed by atoms with van der Waals surface area (Å²) in [6, 6.07) is 6.30. The number of hydrogen-bond donors (Lipinski definition) is 1. The number of nitrogens with one attached hydrogen (secondary N) is 1. The minimum absolute atomic E-state index is 0.0620. The number of aryl methyl sites for hydroxylation is 1. The van der Waals surface area contributed by atoms with Crippen LogP contribution in [-0.2, 0) is 4.79 Å². The van der Waals surface area contributed by atoms with Gasteiger partial charge in [-0.05, 0) is 54.6 Å². The van der Waals surface area contributed by atoms with Crippen LogP contribution in [0.3, 0.4) is 0 Å². The Labute approximate surface area is 122 Å². The molecule has 1 aliphatic carbocycles. The molecule has 2 aliphatic rings. The van der Waals surface area contributed by atoms with Gasteiger partial charge >= 0.3 is 0 Å². The third-order valence-corrected chi connectivity index (χ3v) is 5.06. The van der Waals surface area contributed by atoms with Crippen molar-refractivity contribution in [1.82, 2.24) is 0 Å². The van der Waals surface area contributed by atoms with Crippen molar-refractivity contribution in [3.05, 3.63) is 29.3 Å². The lowest BCUT2D eigenvalue weighted by atomic mass is 9.64. The molecule has 0 saturated heterocycles. The normalized spacial score (nSPS) is 31.8. The van der Waals surface area contributed by atoms with E-state index in [0.29, 0.717) is 17.3 Å². The molecule has 1 heterocycles. The second-order valence-electron chi connectivity index (χ2n) is 7.68. The van der Waals surface area contributed by atoms with Crippen molar-refractivity contribution in [2.45, 2.75) is 52.9 Å². The molecule has 2 heteroatoms. The van der Waals surface area contributed by atoms with Gasteiger partial charge < -0.3 is 5.32 Å². The fourth-order valence-electron chi connectivity index (χ4n) is 4.60. The number of carbonyl (C=O) groups excluding carboxylic acids is 1. The van der Waals surface area contributed by atoms with Gasteiger partial charge in [0.2, 0.25) is 5.91 Å². The SMILES string of the molecule is Cc1cccc2c1NC(=O)C2C1CC(C)CC(C)(C)C1. The summed E-state index contributed by atoms with van der Waals surface area (Å²) in [6.07, 6.45) is 3.61. The van der Waals surface area contributed by atoms with Crippen LogP contribution in [-0.4, -0.2) is 5.91 Å². The Bertz CT molecular complexity index is 546. The van der Waals surface area contributed by atoms with Gasteiger partial charge in [-0.1, -0.05) is 39.0 Å². The summed E-state index contributed by atoms with van der Waals surface area (Å²) in [4.78, 5) is 12.5. The number of para-hydroxylation sites is 1. The highest BCUT2D eigenvalue weighted by molar-refractivity contribution is 6.03. The van der Waals surface area contributed by atoms with Crippen LogP contribution in [0.15, 0.2) is 18.2 Å². The highest BCUT2D eigenvalue weighted by Gasteiger charge is 2.42. The van der Waals surface area contributed by atoms with Gasteiger partial charge in [0, 0.05) is 5.69 Å². The summed E-state index contributed by atoms with van der Waals surface area (Å²) in [6.45, 7) is 9.10. The third-order valence-electron chi connectivity index (χ3n) is 5.06. The molecule has 1 aromatic rings. The van der Waals surface area contributed by atoms with Crippen LogP contribution in [0.1, 0.15) is 57.1 Å². The van der Waals surface area contributed by atoms with Crippen LogP contribution >= 0.6 is 0 Å². The van der Waals surface area contributed by atoms with Crippen molar-refractivity contribution >= 4 is 11.6 Å². The minimum atomic E-state index is 0.0620. The Hall–Kier alpha value is -1.31. The molecule has 2 nitrogen and oxygen atoms in total. The molecular formula is C18H25NO. The number of rotatable bonds is 1. The average Bonchev–Trinajstić information content (AvgIpc) is 2.64. The highest BCUT2D eigenvalue weighted by atomic mass is 16.2. The number of anilines is 1. The van der Waals surface area contributed by atoms with Gasteiger partial charge in [-0.2, -0.15) is 0 Å². The van der Waals surface area contributed by atoms with Crippen LogP contribution in [0, 0.1) is 24.2 Å². The topological polar surface area (TPSA) is 29.1 Å². The Morgan fingerprint density at radius 2 is 2.00 bits per heavy atom. The van der Waals surface area contributed by atoms with Crippen molar-refractivity contribution in [1.29, 1.82) is 0 Å². The van der Waals surface area contributed by atoms with Crippen molar-refractivity contribution in [2.75, 3.05) is 5.32 Å². The molecule has 0 spiro atoms. The molecule has 3 rings (SSSR count). The molecular weight excluding hydrogens is 246 g/mol. The van der Waals surface area contributed by atoms with Gasteiger partial charge in [0.1, 0.15) is 0 Å². The molecule has 1 amide bonds. The maximum absolute atomic E-state index is 12.5. The molecule has 1 N–H and O–H groups in total. The second-order valence-corrected chi connectivity index (χ2v) is 7.68. The number of hydrogen-bond acceptors (Lipinski definition) is 1. The molecule has 20 heavy (non-hydrogen) atoms. The van der Waals surface area contributed by atoms with Gasteiger partial charge in [-0.15, -0.1) is 0 Å². The molecule has 3 unspecified atom stereocenters. The van der Waals surface area contributed by atoms with Crippen molar-refractivity contribution in [3.8, 4) is 0 Å². The van der Waals surface area contributed by atoms with E-state index in [1.165, 1.54) is 24.0 Å². The predicted molar refractivity (Wildman–Crippen MR) is 82.8 cm³/mol. The monoisotopic (exact) mass is 271 g/mol. The molecule has 1 aliphatic heterocycles. The quantitative estimate of drug-likeness (QED) is 0.801. The predicted octanol–water partition coefficient (Wildman–Crippen LogP) is 4.49. The molecule has 0 bridgehead atoms. The van der Waals surface area contributed by atoms with Crippen LogP contribution < -0.4 is 5.32 Å². The second kappa shape index (κ2) is 4.61. The number of carbonyl (C=O) groups is 1. The van der Waals surface area contributed by atoms with Gasteiger partial charge in [0.15, 0.2) is 0 Å². The Balaban J connectivity index is 1.95. The zero-order chi connectivity index (χ0) is 14.5. The van der Waals surface area contributed by atoms with Gasteiger partial charge in [0.05, 0.1) is 5.92 Å². The maximum atomic E-state index is 12.5. The lowest BCUT2D eigenvalue weighted by Gasteiger charge is -2.41. The molecule has 1 fully saturated rings. The smallest absolute Gasteiger partial charge is 0.232 e. The van der Waals surface area contributed by atoms with Gasteiger partial charge in [0.25, 0.3) is 0 Å². The zero-order valence-corrected chi connectivity index (χ0v) is 13.0. The first-order valence-electron chi connectivity index (χ1n) is 7.78. The van der Waals surface area contributed by atoms with E-state index >= 15 is 0 Å². The summed E-state index contributed by atoms with van der Waals surface area (Å²) in [5.41, 5.74) is 3.83. The Morgan fingerprint density at radius 3 is 2.70 bits per heavy atom. The summed E-state index contributed by atoms with van der Waals surface area (Å²) in [5.74, 6) is 1.47. The van der Waals surface area contributed by atoms with E-state index in [2.05, 4.69) is 51.2 Å². The molecule has 0 aromatic heterocycles. The minimum Gasteiger partial charge on any atom is -0.325 e. The molecule has 108 valence electrons. The zero-order valence-electron chi connectivity index (χ0n) is 13.0. The summed E-state index contributed by atoms with van der Waals surface area (Å²) >= 11 is 0. The molecule has 3 atom stereocenters. The van der Waals surface area contributed by atoms with E-state index in [-0.39, 0.29) is 11.8 Å². The first-order chi connectivity index (χ1) is 9.37. The van der Waals surface area contributed by atoms with Gasteiger partial charge in [-0.3, -0.25) is 4.79 Å². The lowest BCUT2D eigenvalue weighted by molar-refractivity contribution is -0.118. The molecule has 0 radical (unpaired) electrons. The summed E-state index contributed by atoms with van der Waals surface area (Å²) in [7, 11) is 0. The van der Waals surface area contributed by atoms with Crippen molar-refractivity contribution < 1.29 is 4.79 Å². The van der Waals surface area contributed by atoms with Crippen molar-refractivity contribution in [3.63, 3.8) is 0 Å². The van der Waals surface area contributed by atoms with E-state index in [1.807, 2.05) is 0 Å². The van der Waals surface area contributed by atoms with Crippen molar-refractivity contribution in [2.24, 2.45) is 17.3 Å². The largest absolute Gasteiger partial charge is 0.325 e. The fourth-order valence-corrected chi connectivity index (χ4v) is 4.60. The molecule has 1 aromatic carbocycles. The summed E-state index contributed by atoms with van der Waals surface area (Å²) < 4.78 is 0. The number of amides is 1. The highest BCUT2D eigenvalue weighted by Crippen LogP contribution is 2.50. The van der Waals surface area contributed by atoms with E-state index in [0.717, 1.165) is 12.1 Å². The first kappa shape index (κ1) is 13.7.